The first kappa shape index (κ1) is 23.4. The number of ether oxygens (including phenoxy) is 4. The molecule has 1 fully saturated rings. The zero-order valence-electron chi connectivity index (χ0n) is 19.7. The molecule has 3 aromatic rings. The van der Waals surface area contributed by atoms with Gasteiger partial charge in [-0.25, -0.2) is 0 Å². The number of hydrogen-bond donors (Lipinski definition) is 2. The summed E-state index contributed by atoms with van der Waals surface area (Å²) in [7, 11) is 1.64. The van der Waals surface area contributed by atoms with Gasteiger partial charge in [0.05, 0.1) is 25.3 Å². The third kappa shape index (κ3) is 5.52. The second-order valence-electron chi connectivity index (χ2n) is 8.73. The van der Waals surface area contributed by atoms with E-state index < -0.39 is 0 Å². The maximum Gasteiger partial charge on any atom is 0.253 e. The summed E-state index contributed by atoms with van der Waals surface area (Å²) < 4.78 is 22.4. The van der Waals surface area contributed by atoms with Crippen molar-refractivity contribution in [1.82, 2.24) is 15.2 Å². The van der Waals surface area contributed by atoms with Crippen LogP contribution in [0.5, 0.6) is 17.2 Å². The van der Waals surface area contributed by atoms with Crippen LogP contribution in [0, 0.1) is 0 Å². The first-order valence-electron chi connectivity index (χ1n) is 11.8. The maximum atomic E-state index is 13.0. The van der Waals surface area contributed by atoms with Gasteiger partial charge in [0.1, 0.15) is 19.0 Å². The molecule has 2 aromatic carbocycles. The highest BCUT2D eigenvalue weighted by molar-refractivity contribution is 7.80. The standard InChI is InChI=1S/C26H29N3O5S/c1-31-20-6-4-17(5-7-20)15-29(26(35)27-14-21-3-2-8-32-21)16-19-11-18-12-23-24(34-10-9-33-23)13-22(18)28-25(19)30/h4-7,11-13,21H,2-3,8-10,14-16H2,1H3,(H,27,35)(H,28,30). The van der Waals surface area contributed by atoms with Gasteiger partial charge < -0.3 is 34.1 Å². The second-order valence-corrected chi connectivity index (χ2v) is 9.12. The molecule has 0 aliphatic carbocycles. The van der Waals surface area contributed by atoms with Gasteiger partial charge in [0, 0.05) is 36.7 Å². The van der Waals surface area contributed by atoms with Gasteiger partial charge in [-0.15, -0.1) is 0 Å². The zero-order chi connectivity index (χ0) is 24.2. The molecule has 8 nitrogen and oxygen atoms in total. The van der Waals surface area contributed by atoms with E-state index in [9.17, 15) is 4.79 Å². The Morgan fingerprint density at radius 1 is 1.11 bits per heavy atom. The molecule has 1 aromatic heterocycles. The molecule has 35 heavy (non-hydrogen) atoms. The van der Waals surface area contributed by atoms with Gasteiger partial charge in [0.25, 0.3) is 5.56 Å². The van der Waals surface area contributed by atoms with E-state index in [0.717, 1.165) is 36.1 Å². The Hall–Kier alpha value is -3.30. The van der Waals surface area contributed by atoms with Crippen molar-refractivity contribution < 1.29 is 18.9 Å². The van der Waals surface area contributed by atoms with Crippen LogP contribution in [0.3, 0.4) is 0 Å². The van der Waals surface area contributed by atoms with Gasteiger partial charge in [0.2, 0.25) is 0 Å². The van der Waals surface area contributed by atoms with Crippen LogP contribution < -0.4 is 25.1 Å². The second kappa shape index (κ2) is 10.5. The molecular weight excluding hydrogens is 466 g/mol. The number of hydrogen-bond acceptors (Lipinski definition) is 6. The molecule has 0 bridgehead atoms. The number of thiocarbonyl (C=S) groups is 1. The molecule has 0 amide bonds. The first-order valence-corrected chi connectivity index (χ1v) is 12.2. The number of rotatable bonds is 7. The first-order chi connectivity index (χ1) is 17.1. The van der Waals surface area contributed by atoms with Crippen molar-refractivity contribution in [2.45, 2.75) is 32.0 Å². The summed E-state index contributed by atoms with van der Waals surface area (Å²) in [5, 5.41) is 4.81. The summed E-state index contributed by atoms with van der Waals surface area (Å²) in [4.78, 5) is 18.0. The number of aromatic amines is 1. The Bertz CT molecular complexity index is 1250. The molecule has 2 N–H and O–H groups in total. The number of pyridine rings is 1. The van der Waals surface area contributed by atoms with Crippen LogP contribution in [0.15, 0.2) is 47.3 Å². The lowest BCUT2D eigenvalue weighted by atomic mass is 10.1. The third-order valence-electron chi connectivity index (χ3n) is 6.27. The van der Waals surface area contributed by atoms with Crippen molar-refractivity contribution in [1.29, 1.82) is 0 Å². The van der Waals surface area contributed by atoms with Crippen LogP contribution in [0.4, 0.5) is 0 Å². The van der Waals surface area contributed by atoms with Crippen LogP contribution in [0.1, 0.15) is 24.0 Å². The molecule has 0 spiro atoms. The number of nitrogens with zero attached hydrogens (tertiary/aromatic N) is 1. The largest absolute Gasteiger partial charge is 0.497 e. The fourth-order valence-corrected chi connectivity index (χ4v) is 4.59. The fourth-order valence-electron chi connectivity index (χ4n) is 4.38. The van der Waals surface area contributed by atoms with Gasteiger partial charge in [-0.3, -0.25) is 4.79 Å². The van der Waals surface area contributed by atoms with E-state index in [4.69, 9.17) is 31.2 Å². The van der Waals surface area contributed by atoms with Crippen LogP contribution in [-0.4, -0.2) is 54.6 Å². The third-order valence-corrected chi connectivity index (χ3v) is 6.67. The van der Waals surface area contributed by atoms with Crippen molar-refractivity contribution in [3.8, 4) is 17.2 Å². The van der Waals surface area contributed by atoms with Gasteiger partial charge in [-0.05, 0) is 54.9 Å². The molecule has 1 saturated heterocycles. The molecule has 2 aliphatic heterocycles. The Morgan fingerprint density at radius 2 is 1.89 bits per heavy atom. The van der Waals surface area contributed by atoms with E-state index in [2.05, 4.69) is 10.3 Å². The summed E-state index contributed by atoms with van der Waals surface area (Å²) in [5.41, 5.74) is 2.23. The molecule has 2 aliphatic rings. The topological polar surface area (TPSA) is 85.1 Å². The predicted molar refractivity (Wildman–Crippen MR) is 137 cm³/mol. The minimum absolute atomic E-state index is 0.157. The number of nitrogens with one attached hydrogen (secondary N) is 2. The summed E-state index contributed by atoms with van der Waals surface area (Å²) in [5.74, 6) is 2.12. The minimum atomic E-state index is -0.157. The fraction of sp³-hybridized carbons (Fsp3) is 0.385. The zero-order valence-corrected chi connectivity index (χ0v) is 20.5. The molecule has 1 atom stereocenters. The number of fused-ring (bicyclic) bond motifs is 2. The molecule has 3 heterocycles. The van der Waals surface area contributed by atoms with Crippen molar-refractivity contribution in [3.63, 3.8) is 0 Å². The monoisotopic (exact) mass is 495 g/mol. The van der Waals surface area contributed by atoms with Crippen LogP contribution in [0.25, 0.3) is 10.9 Å². The van der Waals surface area contributed by atoms with E-state index in [1.165, 1.54) is 0 Å². The summed E-state index contributed by atoms with van der Waals surface area (Å²) in [6.45, 7) is 3.34. The lowest BCUT2D eigenvalue weighted by Crippen LogP contribution is -2.42. The van der Waals surface area contributed by atoms with Crippen LogP contribution >= 0.6 is 12.2 Å². The van der Waals surface area contributed by atoms with E-state index in [-0.39, 0.29) is 11.7 Å². The lowest BCUT2D eigenvalue weighted by molar-refractivity contribution is 0.113. The highest BCUT2D eigenvalue weighted by Gasteiger charge is 2.19. The molecule has 0 saturated carbocycles. The molecular formula is C26H29N3O5S. The lowest BCUT2D eigenvalue weighted by Gasteiger charge is -2.27. The van der Waals surface area contributed by atoms with E-state index in [1.54, 1.807) is 7.11 Å². The highest BCUT2D eigenvalue weighted by atomic mass is 32.1. The van der Waals surface area contributed by atoms with Crippen molar-refractivity contribution in [2.24, 2.45) is 0 Å². The Kier molecular flexibility index (Phi) is 7.06. The Morgan fingerprint density at radius 3 is 2.60 bits per heavy atom. The van der Waals surface area contributed by atoms with Crippen molar-refractivity contribution in [2.75, 3.05) is 33.5 Å². The predicted octanol–water partition coefficient (Wildman–Crippen LogP) is 3.36. The minimum Gasteiger partial charge on any atom is -0.497 e. The average molecular weight is 496 g/mol. The average Bonchev–Trinajstić information content (AvgIpc) is 3.40. The highest BCUT2D eigenvalue weighted by Crippen LogP contribution is 2.33. The van der Waals surface area contributed by atoms with E-state index in [1.807, 2.05) is 47.4 Å². The van der Waals surface area contributed by atoms with Crippen LogP contribution in [-0.2, 0) is 17.8 Å². The molecule has 0 radical (unpaired) electrons. The van der Waals surface area contributed by atoms with Gasteiger partial charge in [0.15, 0.2) is 16.6 Å². The van der Waals surface area contributed by atoms with Crippen LogP contribution in [0.2, 0.25) is 0 Å². The summed E-state index contributed by atoms with van der Waals surface area (Å²) >= 11 is 5.76. The number of aromatic nitrogens is 1. The molecule has 5 rings (SSSR count). The molecule has 1 unspecified atom stereocenters. The van der Waals surface area contributed by atoms with E-state index in [0.29, 0.717) is 60.5 Å². The SMILES string of the molecule is COc1ccc(CN(Cc2cc3cc4c(cc3[nH]c2=O)OCCO4)C(=S)NCC2CCCO2)cc1. The maximum absolute atomic E-state index is 13.0. The summed E-state index contributed by atoms with van der Waals surface area (Å²) in [6, 6.07) is 13.5. The number of H-pyrrole nitrogens is 1. The normalized spacial score (nSPS) is 16.8. The van der Waals surface area contributed by atoms with E-state index >= 15 is 0 Å². The van der Waals surface area contributed by atoms with Crippen molar-refractivity contribution in [3.05, 3.63) is 63.9 Å². The number of benzene rings is 2. The smallest absolute Gasteiger partial charge is 0.253 e. The molecule has 9 heteroatoms. The van der Waals surface area contributed by atoms with Gasteiger partial charge in [-0.2, -0.15) is 0 Å². The Labute approximate surface area is 209 Å². The quantitative estimate of drug-likeness (QED) is 0.483. The van der Waals surface area contributed by atoms with Gasteiger partial charge >= 0.3 is 0 Å². The van der Waals surface area contributed by atoms with Gasteiger partial charge in [-0.1, -0.05) is 12.1 Å². The summed E-state index contributed by atoms with van der Waals surface area (Å²) in [6.07, 6.45) is 2.25. The van der Waals surface area contributed by atoms with Crippen molar-refractivity contribution >= 4 is 28.2 Å². The Balaban J connectivity index is 1.40. The molecule has 184 valence electrons. The number of methoxy groups -OCH3 is 1.